The van der Waals surface area contributed by atoms with Crippen LogP contribution in [0, 0.1) is 6.92 Å². The van der Waals surface area contributed by atoms with Gasteiger partial charge in [-0.1, -0.05) is 5.16 Å². The standard InChI is InChI=1S/C12H15N5O/c1-7-4-9(18-17-7)6-14-11-5-10(13)15-12(16-11)8-2-3-8/h4-5,8H,2-3,6H2,1H3,(H3,13,14,15,16). The van der Waals surface area contributed by atoms with Crippen molar-refractivity contribution in [3.8, 4) is 0 Å². The van der Waals surface area contributed by atoms with E-state index in [1.54, 1.807) is 6.07 Å². The van der Waals surface area contributed by atoms with Gasteiger partial charge in [0, 0.05) is 18.1 Å². The van der Waals surface area contributed by atoms with Crippen molar-refractivity contribution in [2.24, 2.45) is 0 Å². The maximum absolute atomic E-state index is 5.77. The lowest BCUT2D eigenvalue weighted by atomic mass is 10.3. The molecule has 94 valence electrons. The lowest BCUT2D eigenvalue weighted by molar-refractivity contribution is 0.384. The van der Waals surface area contributed by atoms with Crippen molar-refractivity contribution in [1.82, 2.24) is 15.1 Å². The first-order chi connectivity index (χ1) is 8.70. The van der Waals surface area contributed by atoms with Gasteiger partial charge in [-0.15, -0.1) is 0 Å². The predicted octanol–water partition coefficient (Wildman–Crippen LogP) is 1.84. The Morgan fingerprint density at radius 3 is 2.89 bits per heavy atom. The molecule has 6 nitrogen and oxygen atoms in total. The van der Waals surface area contributed by atoms with Crippen LogP contribution in [-0.4, -0.2) is 15.1 Å². The highest BCUT2D eigenvalue weighted by atomic mass is 16.5. The first-order valence-electron chi connectivity index (χ1n) is 6.01. The van der Waals surface area contributed by atoms with Gasteiger partial charge in [-0.3, -0.25) is 0 Å². The third kappa shape index (κ3) is 2.42. The molecular weight excluding hydrogens is 230 g/mol. The molecule has 0 saturated heterocycles. The molecule has 18 heavy (non-hydrogen) atoms. The van der Waals surface area contributed by atoms with E-state index in [4.69, 9.17) is 10.3 Å². The van der Waals surface area contributed by atoms with Gasteiger partial charge in [-0.05, 0) is 19.8 Å². The van der Waals surface area contributed by atoms with Crippen LogP contribution in [0.5, 0.6) is 0 Å². The number of aryl methyl sites for hydroxylation is 1. The average molecular weight is 245 g/mol. The summed E-state index contributed by atoms with van der Waals surface area (Å²) in [6.07, 6.45) is 2.31. The number of hydrogen-bond acceptors (Lipinski definition) is 6. The van der Waals surface area contributed by atoms with Gasteiger partial charge in [-0.2, -0.15) is 0 Å². The number of anilines is 2. The molecule has 1 aliphatic rings. The van der Waals surface area contributed by atoms with E-state index in [2.05, 4.69) is 20.4 Å². The van der Waals surface area contributed by atoms with E-state index in [1.165, 1.54) is 0 Å². The first kappa shape index (κ1) is 11.0. The van der Waals surface area contributed by atoms with Gasteiger partial charge in [0.25, 0.3) is 0 Å². The molecule has 0 amide bonds. The minimum Gasteiger partial charge on any atom is -0.384 e. The van der Waals surface area contributed by atoms with Crippen molar-refractivity contribution >= 4 is 11.6 Å². The minimum absolute atomic E-state index is 0.488. The van der Waals surface area contributed by atoms with Crippen LogP contribution in [0.3, 0.4) is 0 Å². The maximum Gasteiger partial charge on any atom is 0.156 e. The number of nitrogens with one attached hydrogen (secondary N) is 1. The molecule has 0 bridgehead atoms. The summed E-state index contributed by atoms with van der Waals surface area (Å²) in [7, 11) is 0. The Balaban J connectivity index is 1.71. The predicted molar refractivity (Wildman–Crippen MR) is 67.0 cm³/mol. The minimum atomic E-state index is 0.488. The first-order valence-corrected chi connectivity index (χ1v) is 6.01. The molecule has 1 aliphatic carbocycles. The van der Waals surface area contributed by atoms with Crippen molar-refractivity contribution in [1.29, 1.82) is 0 Å². The summed E-state index contributed by atoms with van der Waals surface area (Å²) in [6, 6.07) is 3.62. The van der Waals surface area contributed by atoms with E-state index >= 15 is 0 Å². The molecular formula is C12H15N5O. The van der Waals surface area contributed by atoms with Crippen LogP contribution >= 0.6 is 0 Å². The quantitative estimate of drug-likeness (QED) is 0.854. The zero-order valence-corrected chi connectivity index (χ0v) is 10.2. The maximum atomic E-state index is 5.77. The van der Waals surface area contributed by atoms with Crippen molar-refractivity contribution in [3.05, 3.63) is 29.4 Å². The van der Waals surface area contributed by atoms with E-state index in [-0.39, 0.29) is 0 Å². The molecule has 2 aromatic rings. The monoisotopic (exact) mass is 245 g/mol. The molecule has 3 N–H and O–H groups in total. The zero-order valence-electron chi connectivity index (χ0n) is 10.2. The fourth-order valence-corrected chi connectivity index (χ4v) is 1.78. The molecule has 0 spiro atoms. The summed E-state index contributed by atoms with van der Waals surface area (Å²) in [5.74, 6) is 3.34. The van der Waals surface area contributed by atoms with Crippen LogP contribution in [0.25, 0.3) is 0 Å². The fourth-order valence-electron chi connectivity index (χ4n) is 1.78. The molecule has 0 aromatic carbocycles. The summed E-state index contributed by atoms with van der Waals surface area (Å²) in [4.78, 5) is 8.70. The number of aromatic nitrogens is 3. The lowest BCUT2D eigenvalue weighted by Crippen LogP contribution is -2.05. The van der Waals surface area contributed by atoms with Gasteiger partial charge in [-0.25, -0.2) is 9.97 Å². The number of nitrogens with two attached hydrogens (primary N) is 1. The summed E-state index contributed by atoms with van der Waals surface area (Å²) < 4.78 is 5.12. The second-order valence-corrected chi connectivity index (χ2v) is 4.60. The Kier molecular flexibility index (Phi) is 2.62. The molecule has 2 heterocycles. The summed E-state index contributed by atoms with van der Waals surface area (Å²) in [5.41, 5.74) is 6.64. The molecule has 0 radical (unpaired) electrons. The van der Waals surface area contributed by atoms with Gasteiger partial charge in [0.2, 0.25) is 0 Å². The molecule has 2 aromatic heterocycles. The molecule has 3 rings (SSSR count). The number of nitrogens with zero attached hydrogens (tertiary/aromatic N) is 3. The van der Waals surface area contributed by atoms with Crippen molar-refractivity contribution in [2.45, 2.75) is 32.2 Å². The highest BCUT2D eigenvalue weighted by Crippen LogP contribution is 2.38. The Morgan fingerprint density at radius 1 is 1.39 bits per heavy atom. The van der Waals surface area contributed by atoms with Crippen LogP contribution in [0.1, 0.15) is 36.0 Å². The summed E-state index contributed by atoms with van der Waals surface area (Å²) in [6.45, 7) is 2.43. The van der Waals surface area contributed by atoms with E-state index in [0.29, 0.717) is 18.3 Å². The van der Waals surface area contributed by atoms with Crippen LogP contribution in [0.4, 0.5) is 11.6 Å². The van der Waals surface area contributed by atoms with Crippen LogP contribution in [-0.2, 0) is 6.54 Å². The summed E-state index contributed by atoms with van der Waals surface area (Å²) in [5, 5.41) is 7.00. The van der Waals surface area contributed by atoms with Crippen LogP contribution in [0.15, 0.2) is 16.7 Å². The molecule has 0 unspecified atom stereocenters. The van der Waals surface area contributed by atoms with Crippen molar-refractivity contribution < 1.29 is 4.52 Å². The topological polar surface area (TPSA) is 89.9 Å². The molecule has 0 aliphatic heterocycles. The smallest absolute Gasteiger partial charge is 0.156 e. The van der Waals surface area contributed by atoms with Gasteiger partial charge >= 0.3 is 0 Å². The average Bonchev–Trinajstić information content (AvgIpc) is 3.10. The normalized spacial score (nSPS) is 14.7. The highest BCUT2D eigenvalue weighted by Gasteiger charge is 2.27. The van der Waals surface area contributed by atoms with Crippen LogP contribution < -0.4 is 11.1 Å². The SMILES string of the molecule is Cc1cc(CNc2cc(N)nc(C3CC3)n2)on1. The Morgan fingerprint density at radius 2 is 2.22 bits per heavy atom. The van der Waals surface area contributed by atoms with Gasteiger partial charge < -0.3 is 15.6 Å². The van der Waals surface area contributed by atoms with E-state index < -0.39 is 0 Å². The van der Waals surface area contributed by atoms with Crippen LogP contribution in [0.2, 0.25) is 0 Å². The largest absolute Gasteiger partial charge is 0.384 e. The van der Waals surface area contributed by atoms with E-state index in [1.807, 2.05) is 13.0 Å². The summed E-state index contributed by atoms with van der Waals surface area (Å²) >= 11 is 0. The number of rotatable bonds is 4. The van der Waals surface area contributed by atoms with E-state index in [9.17, 15) is 0 Å². The number of hydrogen-bond donors (Lipinski definition) is 2. The van der Waals surface area contributed by atoms with Gasteiger partial charge in [0.15, 0.2) is 5.76 Å². The highest BCUT2D eigenvalue weighted by molar-refractivity contribution is 5.45. The van der Waals surface area contributed by atoms with Gasteiger partial charge in [0.05, 0.1) is 12.2 Å². The van der Waals surface area contributed by atoms with Gasteiger partial charge in [0.1, 0.15) is 17.5 Å². The Labute approximate surface area is 105 Å². The van der Waals surface area contributed by atoms with Crippen molar-refractivity contribution in [3.63, 3.8) is 0 Å². The molecule has 0 atom stereocenters. The Hall–Kier alpha value is -2.11. The third-order valence-electron chi connectivity index (χ3n) is 2.83. The third-order valence-corrected chi connectivity index (χ3v) is 2.83. The van der Waals surface area contributed by atoms with E-state index in [0.717, 1.165) is 35.9 Å². The second kappa shape index (κ2) is 4.29. The Bertz CT molecular complexity index is 561. The molecule has 1 fully saturated rings. The molecule has 6 heteroatoms. The number of nitrogen functional groups attached to an aromatic ring is 1. The van der Waals surface area contributed by atoms with Crippen molar-refractivity contribution in [2.75, 3.05) is 11.1 Å². The second-order valence-electron chi connectivity index (χ2n) is 4.60. The molecule has 1 saturated carbocycles. The lowest BCUT2D eigenvalue weighted by Gasteiger charge is -2.06. The fraction of sp³-hybridized carbons (Fsp3) is 0.417. The zero-order chi connectivity index (χ0) is 12.5.